The van der Waals surface area contributed by atoms with Crippen LogP contribution in [0, 0.1) is 5.41 Å². The van der Waals surface area contributed by atoms with Gasteiger partial charge >= 0.3 is 6.18 Å². The lowest BCUT2D eigenvalue weighted by Crippen LogP contribution is -2.71. The SMILES string of the molecule is CN1CC2(C1)CN(c1ccc3ncc(C(=O)N4CCc5c(C(=O)Nc6cccc(C(F)(F)F)c6)csc5C4)n3c1)C2. The molecule has 8 nitrogen and oxygen atoms in total. The van der Waals surface area contributed by atoms with Crippen molar-refractivity contribution >= 4 is 40.2 Å². The molecule has 3 aliphatic rings. The smallest absolute Gasteiger partial charge is 0.369 e. The van der Waals surface area contributed by atoms with Gasteiger partial charge in [0.15, 0.2) is 0 Å². The van der Waals surface area contributed by atoms with E-state index >= 15 is 0 Å². The number of fused-ring (bicyclic) bond motifs is 2. The van der Waals surface area contributed by atoms with Crippen LogP contribution in [0.1, 0.15) is 36.9 Å². The number of nitrogens with one attached hydrogen (secondary N) is 1. The molecular formula is C29H27F3N6O2S. The first-order valence-electron chi connectivity index (χ1n) is 13.4. The number of benzene rings is 1. The van der Waals surface area contributed by atoms with Crippen molar-refractivity contribution < 1.29 is 22.8 Å². The minimum absolute atomic E-state index is 0.0813. The van der Waals surface area contributed by atoms with Gasteiger partial charge < -0.3 is 20.0 Å². The Hall–Kier alpha value is -3.90. The molecule has 3 aromatic heterocycles. The summed E-state index contributed by atoms with van der Waals surface area (Å²) in [5.41, 5.74) is 3.18. The van der Waals surface area contributed by atoms with Crippen molar-refractivity contribution in [2.45, 2.75) is 19.1 Å². The van der Waals surface area contributed by atoms with E-state index in [1.807, 2.05) is 16.7 Å². The molecular weight excluding hydrogens is 553 g/mol. The van der Waals surface area contributed by atoms with Gasteiger partial charge in [-0.1, -0.05) is 6.07 Å². The molecule has 0 saturated carbocycles. The second-order valence-corrected chi connectivity index (χ2v) is 12.3. The second-order valence-electron chi connectivity index (χ2n) is 11.3. The van der Waals surface area contributed by atoms with E-state index in [1.54, 1.807) is 16.5 Å². The van der Waals surface area contributed by atoms with Crippen molar-refractivity contribution in [1.29, 1.82) is 0 Å². The molecule has 2 amide bonds. The van der Waals surface area contributed by atoms with E-state index in [2.05, 4.69) is 33.2 Å². The number of pyridine rings is 1. The zero-order chi connectivity index (χ0) is 28.5. The third-order valence-corrected chi connectivity index (χ3v) is 9.28. The van der Waals surface area contributed by atoms with E-state index in [9.17, 15) is 22.8 Å². The zero-order valence-electron chi connectivity index (χ0n) is 22.2. The maximum atomic E-state index is 13.6. The zero-order valence-corrected chi connectivity index (χ0v) is 23.1. The van der Waals surface area contributed by atoms with Crippen LogP contribution in [0.3, 0.4) is 0 Å². The maximum Gasteiger partial charge on any atom is 0.416 e. The van der Waals surface area contributed by atoms with Crippen LogP contribution in [0.25, 0.3) is 5.65 Å². The number of carbonyl (C=O) groups excluding carboxylic acids is 2. The summed E-state index contributed by atoms with van der Waals surface area (Å²) in [6, 6.07) is 8.57. The number of hydrogen-bond donors (Lipinski definition) is 1. The topological polar surface area (TPSA) is 73.2 Å². The Labute approximate surface area is 238 Å². The lowest BCUT2D eigenvalue weighted by molar-refractivity contribution is -0.137. The fourth-order valence-electron chi connectivity index (χ4n) is 6.39. The standard InChI is InChI=1S/C29H27F3N6O2S/c1-35-14-28(15-35)16-37(17-28)20-5-6-25-33-10-23(38(25)11-20)27(40)36-8-7-21-22(13-41-24(21)12-36)26(39)34-19-4-2-3-18(9-19)29(30,31)32/h2-6,9-11,13H,7-8,12,14-17H2,1H3,(H,34,39). The number of carbonyl (C=O) groups is 2. The van der Waals surface area contributed by atoms with Crippen molar-refractivity contribution in [3.63, 3.8) is 0 Å². The lowest BCUT2D eigenvalue weighted by Gasteiger charge is -2.60. The molecule has 3 aliphatic heterocycles. The molecule has 4 aromatic rings. The number of imidazole rings is 1. The predicted molar refractivity (Wildman–Crippen MR) is 149 cm³/mol. The number of nitrogens with zero attached hydrogens (tertiary/aromatic N) is 5. The Kier molecular flexibility index (Phi) is 5.91. The van der Waals surface area contributed by atoms with Crippen LogP contribution >= 0.6 is 11.3 Å². The minimum atomic E-state index is -4.49. The molecule has 2 saturated heterocycles. The Morgan fingerprint density at radius 3 is 2.66 bits per heavy atom. The molecule has 0 atom stereocenters. The average molecular weight is 581 g/mol. The van der Waals surface area contributed by atoms with Gasteiger partial charge in [0.2, 0.25) is 0 Å². The van der Waals surface area contributed by atoms with E-state index in [0.717, 1.165) is 54.4 Å². The molecule has 0 unspecified atom stereocenters. The molecule has 1 N–H and O–H groups in total. The lowest BCUT2D eigenvalue weighted by atomic mass is 9.73. The Morgan fingerprint density at radius 1 is 1.10 bits per heavy atom. The van der Waals surface area contributed by atoms with Crippen molar-refractivity contribution in [3.8, 4) is 0 Å². The van der Waals surface area contributed by atoms with Crippen molar-refractivity contribution in [1.82, 2.24) is 19.2 Å². The molecule has 6 heterocycles. The highest BCUT2D eigenvalue weighted by atomic mass is 32.1. The van der Waals surface area contributed by atoms with E-state index in [0.29, 0.717) is 41.8 Å². The first-order valence-corrected chi connectivity index (χ1v) is 14.2. The van der Waals surface area contributed by atoms with Gasteiger partial charge in [0.1, 0.15) is 11.3 Å². The van der Waals surface area contributed by atoms with Crippen molar-refractivity contribution in [2.75, 3.05) is 50.0 Å². The van der Waals surface area contributed by atoms with Gasteiger partial charge in [-0.2, -0.15) is 13.2 Å². The van der Waals surface area contributed by atoms with Crippen LogP contribution in [0.15, 0.2) is 54.2 Å². The molecule has 0 radical (unpaired) electrons. The number of amides is 2. The molecule has 12 heteroatoms. The summed E-state index contributed by atoms with van der Waals surface area (Å²) < 4.78 is 41.1. The molecule has 0 aliphatic carbocycles. The number of rotatable bonds is 4. The number of alkyl halides is 3. The largest absolute Gasteiger partial charge is 0.416 e. The van der Waals surface area contributed by atoms with Crippen LogP contribution in [-0.2, 0) is 19.1 Å². The Bertz CT molecular complexity index is 1680. The second kappa shape index (κ2) is 9.31. The molecule has 1 spiro atoms. The highest BCUT2D eigenvalue weighted by Gasteiger charge is 2.50. The fraction of sp³-hybridized carbons (Fsp3) is 0.345. The number of anilines is 2. The number of likely N-dealkylation sites (tertiary alicyclic amines) is 1. The molecule has 0 bridgehead atoms. The third-order valence-electron chi connectivity index (χ3n) is 8.26. The van der Waals surface area contributed by atoms with Gasteiger partial charge in [0.25, 0.3) is 11.8 Å². The number of aromatic nitrogens is 2. The summed E-state index contributed by atoms with van der Waals surface area (Å²) >= 11 is 1.38. The summed E-state index contributed by atoms with van der Waals surface area (Å²) in [7, 11) is 2.14. The van der Waals surface area contributed by atoms with E-state index < -0.39 is 17.6 Å². The highest BCUT2D eigenvalue weighted by molar-refractivity contribution is 7.10. The minimum Gasteiger partial charge on any atom is -0.369 e. The maximum absolute atomic E-state index is 13.6. The predicted octanol–water partition coefficient (Wildman–Crippen LogP) is 4.62. The Balaban J connectivity index is 1.05. The molecule has 41 heavy (non-hydrogen) atoms. The van der Waals surface area contributed by atoms with Crippen LogP contribution < -0.4 is 10.2 Å². The molecule has 1 aromatic carbocycles. The van der Waals surface area contributed by atoms with Crippen molar-refractivity contribution in [2.24, 2.45) is 5.41 Å². The summed E-state index contributed by atoms with van der Waals surface area (Å²) in [5, 5.41) is 4.30. The molecule has 2 fully saturated rings. The number of halogens is 3. The van der Waals surface area contributed by atoms with E-state index in [-0.39, 0.29) is 11.6 Å². The van der Waals surface area contributed by atoms with Gasteiger partial charge in [0.05, 0.1) is 29.6 Å². The number of hydrogen-bond acceptors (Lipinski definition) is 6. The van der Waals surface area contributed by atoms with Gasteiger partial charge in [-0.3, -0.25) is 14.0 Å². The van der Waals surface area contributed by atoms with Gasteiger partial charge in [-0.15, -0.1) is 11.3 Å². The summed E-state index contributed by atoms with van der Waals surface area (Å²) in [4.78, 5) is 38.4. The quantitative estimate of drug-likeness (QED) is 0.382. The van der Waals surface area contributed by atoms with Crippen molar-refractivity contribution in [3.05, 3.63) is 81.4 Å². The molecule has 7 rings (SSSR count). The van der Waals surface area contributed by atoms with Gasteiger partial charge in [-0.25, -0.2) is 4.98 Å². The third kappa shape index (κ3) is 4.55. The van der Waals surface area contributed by atoms with E-state index in [1.165, 1.54) is 23.5 Å². The van der Waals surface area contributed by atoms with Crippen LogP contribution in [-0.4, -0.2) is 70.8 Å². The van der Waals surface area contributed by atoms with Crippen LogP contribution in [0.4, 0.5) is 24.5 Å². The van der Waals surface area contributed by atoms with E-state index in [4.69, 9.17) is 0 Å². The highest BCUT2D eigenvalue weighted by Crippen LogP contribution is 2.41. The average Bonchev–Trinajstić information content (AvgIpc) is 3.53. The monoisotopic (exact) mass is 580 g/mol. The first-order chi connectivity index (χ1) is 19.6. The first kappa shape index (κ1) is 26.0. The summed E-state index contributed by atoms with van der Waals surface area (Å²) in [6.07, 6.45) is -0.423. The number of thiophene rings is 1. The van der Waals surface area contributed by atoms with Gasteiger partial charge in [-0.05, 0) is 49.4 Å². The van der Waals surface area contributed by atoms with Crippen LogP contribution in [0.5, 0.6) is 0 Å². The fourth-order valence-corrected chi connectivity index (χ4v) is 7.48. The molecule has 212 valence electrons. The summed E-state index contributed by atoms with van der Waals surface area (Å²) in [6.45, 7) is 5.03. The normalized spacial score (nSPS) is 18.2. The van der Waals surface area contributed by atoms with Crippen LogP contribution in [0.2, 0.25) is 0 Å². The summed E-state index contributed by atoms with van der Waals surface area (Å²) in [5.74, 6) is -0.596. The Morgan fingerprint density at radius 2 is 1.90 bits per heavy atom. The van der Waals surface area contributed by atoms with Gasteiger partial charge in [0, 0.05) is 60.3 Å².